The molecule has 2 aromatic carbocycles. The first kappa shape index (κ1) is 24.3. The van der Waals surface area contributed by atoms with Gasteiger partial charge < -0.3 is 14.7 Å². The Balaban J connectivity index is 1.46. The molecule has 4 atom stereocenters. The van der Waals surface area contributed by atoms with E-state index >= 15 is 0 Å². The van der Waals surface area contributed by atoms with Gasteiger partial charge in [-0.2, -0.15) is 0 Å². The summed E-state index contributed by atoms with van der Waals surface area (Å²) >= 11 is 0. The zero-order valence-electron chi connectivity index (χ0n) is 20.3. The molecule has 7 nitrogen and oxygen atoms in total. The third kappa shape index (κ3) is 4.68. The fourth-order valence-corrected chi connectivity index (χ4v) is 5.91. The maximum Gasteiger partial charge on any atom is 0.415 e. The highest BCUT2D eigenvalue weighted by molar-refractivity contribution is 5.91. The van der Waals surface area contributed by atoms with E-state index in [2.05, 4.69) is 0 Å². The van der Waals surface area contributed by atoms with E-state index in [1.165, 1.54) is 12.1 Å². The number of aliphatic carboxylic acids is 1. The summed E-state index contributed by atoms with van der Waals surface area (Å²) in [6.07, 6.45) is 3.21. The Morgan fingerprint density at radius 3 is 2.47 bits per heavy atom. The van der Waals surface area contributed by atoms with Gasteiger partial charge in [0.1, 0.15) is 11.9 Å². The van der Waals surface area contributed by atoms with Crippen molar-refractivity contribution in [3.05, 3.63) is 65.5 Å². The molecule has 2 saturated carbocycles. The SMILES string of the molecule is C[C@H](OC(=O)N1c2ccccc2[C@H](N(C(=O)CCC(=O)O)C2CC2)[C@@H]2CCC[C@@H]21)c1ccc(F)cc1. The van der Waals surface area contributed by atoms with Gasteiger partial charge in [-0.25, -0.2) is 9.18 Å². The van der Waals surface area contributed by atoms with Crippen molar-refractivity contribution < 1.29 is 28.6 Å². The fourth-order valence-electron chi connectivity index (χ4n) is 5.91. The number of hydrogen-bond acceptors (Lipinski definition) is 4. The summed E-state index contributed by atoms with van der Waals surface area (Å²) in [6, 6.07) is 13.4. The van der Waals surface area contributed by atoms with Crippen molar-refractivity contribution >= 4 is 23.7 Å². The van der Waals surface area contributed by atoms with Gasteiger partial charge in [0.25, 0.3) is 0 Å². The summed E-state index contributed by atoms with van der Waals surface area (Å²) in [5.74, 6) is -1.42. The highest BCUT2D eigenvalue weighted by Gasteiger charge is 2.51. The highest BCUT2D eigenvalue weighted by atomic mass is 19.1. The van der Waals surface area contributed by atoms with Crippen LogP contribution in [0.2, 0.25) is 0 Å². The molecule has 0 bridgehead atoms. The number of carbonyl (C=O) groups excluding carboxylic acids is 2. The average Bonchev–Trinajstić information content (AvgIpc) is 3.58. The summed E-state index contributed by atoms with van der Waals surface area (Å²) in [6.45, 7) is 1.77. The van der Waals surface area contributed by atoms with Crippen molar-refractivity contribution in [2.45, 2.75) is 76.1 Å². The highest BCUT2D eigenvalue weighted by Crippen LogP contribution is 2.52. The Bertz CT molecular complexity index is 1150. The summed E-state index contributed by atoms with van der Waals surface area (Å²) in [5, 5.41) is 9.13. The molecule has 2 aromatic rings. The molecule has 3 aliphatic rings. The lowest BCUT2D eigenvalue weighted by atomic mass is 9.81. The third-order valence-electron chi connectivity index (χ3n) is 7.68. The van der Waals surface area contributed by atoms with Crippen LogP contribution in [-0.2, 0) is 14.3 Å². The largest absolute Gasteiger partial charge is 0.481 e. The molecule has 8 heteroatoms. The molecule has 5 rings (SSSR count). The van der Waals surface area contributed by atoms with Gasteiger partial charge in [0.15, 0.2) is 0 Å². The lowest BCUT2D eigenvalue weighted by Crippen LogP contribution is -2.53. The van der Waals surface area contributed by atoms with Crippen molar-refractivity contribution in [2.75, 3.05) is 4.90 Å². The molecule has 0 aromatic heterocycles. The predicted molar refractivity (Wildman–Crippen MR) is 131 cm³/mol. The first-order valence-electron chi connectivity index (χ1n) is 12.7. The number of carboxylic acid groups (broad SMARTS) is 1. The Hall–Kier alpha value is -3.42. The number of ether oxygens (including phenoxy) is 1. The number of nitrogens with zero attached hydrogens (tertiary/aromatic N) is 2. The molecule has 2 amide bonds. The number of halogens is 1. The quantitative estimate of drug-likeness (QED) is 0.541. The minimum Gasteiger partial charge on any atom is -0.481 e. The van der Waals surface area contributed by atoms with E-state index in [-0.39, 0.29) is 48.6 Å². The van der Waals surface area contributed by atoms with Crippen LogP contribution >= 0.6 is 0 Å². The molecule has 2 aliphatic carbocycles. The summed E-state index contributed by atoms with van der Waals surface area (Å²) in [4.78, 5) is 41.7. The van der Waals surface area contributed by atoms with E-state index in [9.17, 15) is 18.8 Å². The number of carboxylic acids is 1. The minimum absolute atomic E-state index is 0.0250. The van der Waals surface area contributed by atoms with Crippen molar-refractivity contribution in [3.8, 4) is 0 Å². The van der Waals surface area contributed by atoms with Crippen LogP contribution < -0.4 is 4.90 Å². The van der Waals surface area contributed by atoms with Crippen LogP contribution in [0.1, 0.15) is 75.1 Å². The summed E-state index contributed by atoms with van der Waals surface area (Å²) in [5.41, 5.74) is 2.35. The maximum atomic E-state index is 13.6. The van der Waals surface area contributed by atoms with Crippen LogP contribution in [0.25, 0.3) is 0 Å². The average molecular weight is 495 g/mol. The monoisotopic (exact) mass is 494 g/mol. The Kier molecular flexibility index (Phi) is 6.69. The van der Waals surface area contributed by atoms with Crippen LogP contribution in [0, 0.1) is 11.7 Å². The number of para-hydroxylation sites is 1. The number of carbonyl (C=O) groups is 3. The van der Waals surface area contributed by atoms with E-state index < -0.39 is 18.2 Å². The van der Waals surface area contributed by atoms with Gasteiger partial charge in [-0.1, -0.05) is 36.8 Å². The molecule has 0 saturated heterocycles. The zero-order valence-corrected chi connectivity index (χ0v) is 20.3. The number of rotatable bonds is 7. The molecule has 190 valence electrons. The van der Waals surface area contributed by atoms with Crippen LogP contribution in [0.4, 0.5) is 14.9 Å². The first-order chi connectivity index (χ1) is 17.3. The third-order valence-corrected chi connectivity index (χ3v) is 7.68. The topological polar surface area (TPSA) is 87.2 Å². The molecule has 1 aliphatic heterocycles. The minimum atomic E-state index is -0.980. The lowest BCUT2D eigenvalue weighted by Gasteiger charge is -2.47. The predicted octanol–water partition coefficient (Wildman–Crippen LogP) is 5.61. The van der Waals surface area contributed by atoms with Crippen LogP contribution in [0.3, 0.4) is 0 Å². The molecule has 0 unspecified atom stereocenters. The Morgan fingerprint density at radius 1 is 1.06 bits per heavy atom. The lowest BCUT2D eigenvalue weighted by molar-refractivity contribution is -0.142. The molecule has 2 fully saturated rings. The molecule has 36 heavy (non-hydrogen) atoms. The van der Waals surface area contributed by atoms with E-state index in [1.807, 2.05) is 29.2 Å². The molecular weight excluding hydrogens is 463 g/mol. The normalized spacial score (nSPS) is 23.4. The van der Waals surface area contributed by atoms with Gasteiger partial charge >= 0.3 is 12.1 Å². The number of anilines is 1. The van der Waals surface area contributed by atoms with Gasteiger partial charge in [-0.15, -0.1) is 0 Å². The van der Waals surface area contributed by atoms with Gasteiger partial charge in [-0.05, 0) is 61.9 Å². The van der Waals surface area contributed by atoms with Crippen LogP contribution in [-0.4, -0.2) is 40.1 Å². The summed E-state index contributed by atoms with van der Waals surface area (Å²) in [7, 11) is 0. The van der Waals surface area contributed by atoms with Gasteiger partial charge in [0, 0.05) is 24.4 Å². The number of hydrogen-bond donors (Lipinski definition) is 1. The first-order valence-corrected chi connectivity index (χ1v) is 12.7. The van der Waals surface area contributed by atoms with Crippen molar-refractivity contribution in [1.29, 1.82) is 0 Å². The molecular formula is C28H31FN2O5. The van der Waals surface area contributed by atoms with E-state index in [4.69, 9.17) is 9.84 Å². The Labute approximate surface area is 209 Å². The van der Waals surface area contributed by atoms with Gasteiger partial charge in [0.05, 0.1) is 18.2 Å². The van der Waals surface area contributed by atoms with Gasteiger partial charge in [0.2, 0.25) is 5.91 Å². The van der Waals surface area contributed by atoms with Crippen molar-refractivity contribution in [2.24, 2.45) is 5.92 Å². The van der Waals surface area contributed by atoms with E-state index in [0.717, 1.165) is 43.4 Å². The number of fused-ring (bicyclic) bond motifs is 2. The van der Waals surface area contributed by atoms with E-state index in [1.54, 1.807) is 24.0 Å². The number of amides is 2. The zero-order chi connectivity index (χ0) is 25.4. The summed E-state index contributed by atoms with van der Waals surface area (Å²) < 4.78 is 19.2. The molecule has 0 radical (unpaired) electrons. The second-order valence-corrected chi connectivity index (χ2v) is 10.0. The number of benzene rings is 2. The maximum absolute atomic E-state index is 13.6. The van der Waals surface area contributed by atoms with Crippen LogP contribution in [0.5, 0.6) is 0 Å². The standard InChI is InChI=1S/C28H31FN2O5/c1-17(18-9-11-19(29)12-10-18)36-28(35)31-23-7-3-2-5-21(23)27(22-6-4-8-24(22)31)30(20-13-14-20)25(32)15-16-26(33)34/h2-3,5,7,9-12,17,20,22,24,27H,4,6,8,13-16H2,1H3,(H,33,34)/t17-,22+,24-,27-/m0/s1. The molecule has 1 N–H and O–H groups in total. The van der Waals surface area contributed by atoms with Crippen molar-refractivity contribution in [1.82, 2.24) is 4.90 Å². The second-order valence-electron chi connectivity index (χ2n) is 10.0. The smallest absolute Gasteiger partial charge is 0.415 e. The van der Waals surface area contributed by atoms with E-state index in [0.29, 0.717) is 5.56 Å². The van der Waals surface area contributed by atoms with Gasteiger partial charge in [-0.3, -0.25) is 14.5 Å². The van der Waals surface area contributed by atoms with Crippen LogP contribution in [0.15, 0.2) is 48.5 Å². The fraction of sp³-hybridized carbons (Fsp3) is 0.464. The molecule has 1 heterocycles. The second kappa shape index (κ2) is 9.91. The molecule has 0 spiro atoms. The Morgan fingerprint density at radius 2 is 1.78 bits per heavy atom. The van der Waals surface area contributed by atoms with Crippen molar-refractivity contribution in [3.63, 3.8) is 0 Å².